The normalized spacial score (nSPS) is 11.1. The van der Waals surface area contributed by atoms with Crippen molar-refractivity contribution in [2.45, 2.75) is 26.0 Å². The van der Waals surface area contributed by atoms with E-state index in [4.69, 9.17) is 18.4 Å². The van der Waals surface area contributed by atoms with E-state index in [1.165, 1.54) is 5.56 Å². The van der Waals surface area contributed by atoms with Crippen LogP contribution in [0.4, 0.5) is 0 Å². The quantitative estimate of drug-likeness (QED) is 0.833. The van der Waals surface area contributed by atoms with E-state index in [0.29, 0.717) is 6.04 Å². The molecule has 1 aromatic carbocycles. The summed E-state index contributed by atoms with van der Waals surface area (Å²) in [6.45, 7) is 3.44. The molecule has 0 saturated heterocycles. The lowest BCUT2D eigenvalue weighted by Crippen LogP contribution is -2.45. The lowest BCUT2D eigenvalue weighted by atomic mass is 10.2. The molecule has 1 rings (SSSR count). The van der Waals surface area contributed by atoms with Crippen molar-refractivity contribution in [1.82, 2.24) is 0 Å². The Balaban J connectivity index is 0.000000631. The molecule has 0 bridgehead atoms. The Hall–Kier alpha value is -0.723. The largest absolute Gasteiger partial charge is 0.504 e. The maximum absolute atomic E-state index is 8.06. The van der Waals surface area contributed by atoms with Crippen LogP contribution in [0.3, 0.4) is 0 Å². The lowest BCUT2D eigenvalue weighted by Gasteiger charge is -2.24. The van der Waals surface area contributed by atoms with Crippen molar-refractivity contribution in [2.24, 2.45) is 0 Å². The molecule has 0 fully saturated rings. The molecule has 0 unspecified atom stereocenters. The predicted molar refractivity (Wildman–Crippen MR) is 74.3 cm³/mol. The van der Waals surface area contributed by atoms with Gasteiger partial charge in [0.15, 0.2) is 0 Å². The monoisotopic (exact) mass is 272 g/mol. The highest BCUT2D eigenvalue weighted by molar-refractivity contribution is 6.60. The lowest BCUT2D eigenvalue weighted by molar-refractivity contribution is 0.122. The van der Waals surface area contributed by atoms with E-state index in [2.05, 4.69) is 0 Å². The number of benzene rings is 1. The van der Waals surface area contributed by atoms with Crippen LogP contribution < -0.4 is 0 Å². The molecule has 0 aliphatic rings. The van der Waals surface area contributed by atoms with Crippen molar-refractivity contribution in [3.8, 4) is 0 Å². The summed E-state index contributed by atoms with van der Waals surface area (Å²) in [6, 6.07) is 10.8. The van der Waals surface area contributed by atoms with E-state index in [1.807, 2.05) is 30.3 Å². The molecule has 0 atom stereocenters. The number of aliphatic hydroxyl groups is 1. The molecule has 1 N–H and O–H groups in total. The molecule has 4 nitrogen and oxygen atoms in total. The Morgan fingerprint density at radius 2 is 1.39 bits per heavy atom. The number of hydrogen-bond acceptors (Lipinski definition) is 4. The predicted octanol–water partition coefficient (Wildman–Crippen LogP) is 2.03. The van der Waals surface area contributed by atoms with Crippen LogP contribution in [0.15, 0.2) is 30.3 Å². The topological polar surface area (TPSA) is 47.9 Å². The van der Waals surface area contributed by atoms with Gasteiger partial charge in [-0.2, -0.15) is 0 Å². The summed E-state index contributed by atoms with van der Waals surface area (Å²) in [5.41, 5.74) is 1.17. The van der Waals surface area contributed by atoms with Crippen LogP contribution in [0.5, 0.6) is 0 Å². The Morgan fingerprint density at radius 1 is 1.00 bits per heavy atom. The molecule has 0 spiro atoms. The second-order valence-electron chi connectivity index (χ2n) is 4.05. The molecule has 0 radical (unpaired) electrons. The van der Waals surface area contributed by atoms with Crippen LogP contribution in [0, 0.1) is 0 Å². The first-order valence-electron chi connectivity index (χ1n) is 5.87. The molecule has 104 valence electrons. The SMILES string of the molecule is CC(C)O.CO[Si](Cc1ccccc1)(OC)OC. The van der Waals surface area contributed by atoms with E-state index < -0.39 is 8.80 Å². The highest BCUT2D eigenvalue weighted by atomic mass is 28.4. The molecule has 0 saturated carbocycles. The summed E-state index contributed by atoms with van der Waals surface area (Å²) in [6.07, 6.45) is -0.167. The van der Waals surface area contributed by atoms with Crippen LogP contribution >= 0.6 is 0 Å². The van der Waals surface area contributed by atoms with Gasteiger partial charge in [-0.05, 0) is 19.4 Å². The zero-order chi connectivity index (χ0) is 14.0. The average molecular weight is 272 g/mol. The Bertz CT molecular complexity index is 288. The van der Waals surface area contributed by atoms with Crippen molar-refractivity contribution in [1.29, 1.82) is 0 Å². The summed E-state index contributed by atoms with van der Waals surface area (Å²) in [5, 5.41) is 8.06. The van der Waals surface area contributed by atoms with Crippen LogP contribution in [0.1, 0.15) is 19.4 Å². The summed E-state index contributed by atoms with van der Waals surface area (Å²) in [4.78, 5) is 0. The summed E-state index contributed by atoms with van der Waals surface area (Å²) in [5.74, 6) is 0. The molecule has 1 aromatic rings. The average Bonchev–Trinajstić information content (AvgIpc) is 2.37. The molecular weight excluding hydrogens is 248 g/mol. The molecular formula is C13H24O4Si. The van der Waals surface area contributed by atoms with Crippen LogP contribution in [-0.4, -0.2) is 41.3 Å². The molecule has 0 aliphatic heterocycles. The Labute approximate surface area is 111 Å². The summed E-state index contributed by atoms with van der Waals surface area (Å²) < 4.78 is 16.0. The summed E-state index contributed by atoms with van der Waals surface area (Å²) >= 11 is 0. The highest BCUT2D eigenvalue weighted by Gasteiger charge is 2.37. The van der Waals surface area contributed by atoms with Crippen LogP contribution in [-0.2, 0) is 19.3 Å². The maximum atomic E-state index is 8.06. The first-order valence-corrected chi connectivity index (χ1v) is 7.80. The number of hydrogen-bond donors (Lipinski definition) is 1. The third-order valence-electron chi connectivity index (χ3n) is 2.20. The molecule has 0 aliphatic carbocycles. The first-order chi connectivity index (χ1) is 8.49. The second kappa shape index (κ2) is 9.24. The third-order valence-corrected chi connectivity index (χ3v) is 4.90. The van der Waals surface area contributed by atoms with E-state index in [-0.39, 0.29) is 6.10 Å². The third kappa shape index (κ3) is 6.88. The van der Waals surface area contributed by atoms with Gasteiger partial charge in [0, 0.05) is 33.5 Å². The minimum Gasteiger partial charge on any atom is -0.394 e. The van der Waals surface area contributed by atoms with E-state index in [9.17, 15) is 0 Å². The second-order valence-corrected chi connectivity index (χ2v) is 7.00. The van der Waals surface area contributed by atoms with Crippen LogP contribution in [0.2, 0.25) is 0 Å². The van der Waals surface area contributed by atoms with Crippen molar-refractivity contribution >= 4 is 8.80 Å². The van der Waals surface area contributed by atoms with Crippen molar-refractivity contribution in [2.75, 3.05) is 21.3 Å². The van der Waals surface area contributed by atoms with Crippen molar-refractivity contribution < 1.29 is 18.4 Å². The van der Waals surface area contributed by atoms with Gasteiger partial charge in [-0.25, -0.2) is 0 Å². The minimum atomic E-state index is -2.46. The molecule has 0 amide bonds. The molecule has 18 heavy (non-hydrogen) atoms. The van der Waals surface area contributed by atoms with E-state index >= 15 is 0 Å². The van der Waals surface area contributed by atoms with E-state index in [0.717, 1.165) is 0 Å². The van der Waals surface area contributed by atoms with E-state index in [1.54, 1.807) is 35.2 Å². The van der Waals surface area contributed by atoms with Gasteiger partial charge in [-0.15, -0.1) is 0 Å². The highest BCUT2D eigenvalue weighted by Crippen LogP contribution is 2.13. The van der Waals surface area contributed by atoms with Gasteiger partial charge in [0.1, 0.15) is 0 Å². The smallest absolute Gasteiger partial charge is 0.394 e. The Kier molecular flexibility index (Phi) is 8.87. The molecule has 5 heteroatoms. The number of aliphatic hydroxyl groups excluding tert-OH is 1. The van der Waals surface area contributed by atoms with Gasteiger partial charge in [0.2, 0.25) is 0 Å². The van der Waals surface area contributed by atoms with Crippen molar-refractivity contribution in [3.05, 3.63) is 35.9 Å². The zero-order valence-electron chi connectivity index (χ0n) is 11.8. The molecule has 0 heterocycles. The van der Waals surface area contributed by atoms with Crippen molar-refractivity contribution in [3.63, 3.8) is 0 Å². The van der Waals surface area contributed by atoms with Gasteiger partial charge >= 0.3 is 8.80 Å². The van der Waals surface area contributed by atoms with Gasteiger partial charge < -0.3 is 18.4 Å². The fourth-order valence-corrected chi connectivity index (χ4v) is 2.98. The fourth-order valence-electron chi connectivity index (χ4n) is 1.31. The Morgan fingerprint density at radius 3 is 1.72 bits per heavy atom. The van der Waals surface area contributed by atoms with Crippen LogP contribution in [0.25, 0.3) is 0 Å². The minimum absolute atomic E-state index is 0.167. The zero-order valence-corrected chi connectivity index (χ0v) is 12.8. The maximum Gasteiger partial charge on any atom is 0.504 e. The number of rotatable bonds is 5. The standard InChI is InChI=1S/C10H16O3Si.C3H8O/c1-11-14(12-2,13-3)9-10-7-5-4-6-8-10;1-3(2)4/h4-8H,9H2,1-3H3;3-4H,1-2H3. The fraction of sp³-hybridized carbons (Fsp3) is 0.538. The van der Waals surface area contributed by atoms with Gasteiger partial charge in [-0.1, -0.05) is 30.3 Å². The first kappa shape index (κ1) is 17.3. The molecule has 0 aromatic heterocycles. The summed E-state index contributed by atoms with van der Waals surface area (Å²) in [7, 11) is 2.42. The van der Waals surface area contributed by atoms with Gasteiger partial charge in [-0.3, -0.25) is 0 Å². The van der Waals surface area contributed by atoms with Gasteiger partial charge in [0.05, 0.1) is 0 Å². The van der Waals surface area contributed by atoms with Gasteiger partial charge in [0.25, 0.3) is 0 Å².